The van der Waals surface area contributed by atoms with Gasteiger partial charge in [0.2, 0.25) is 0 Å². The van der Waals surface area contributed by atoms with Gasteiger partial charge in [-0.25, -0.2) is 5.43 Å². The van der Waals surface area contributed by atoms with Crippen molar-refractivity contribution < 1.29 is 14.3 Å². The van der Waals surface area contributed by atoms with Gasteiger partial charge in [-0.1, -0.05) is 18.5 Å². The molecule has 0 aliphatic rings. The van der Waals surface area contributed by atoms with Crippen LogP contribution >= 0.6 is 11.6 Å². The summed E-state index contributed by atoms with van der Waals surface area (Å²) in [4.78, 5) is 12.2. The number of halogens is 1. The van der Waals surface area contributed by atoms with Crippen molar-refractivity contribution in [2.45, 2.75) is 40.2 Å². The predicted molar refractivity (Wildman–Crippen MR) is 109 cm³/mol. The van der Waals surface area contributed by atoms with Crippen LogP contribution < -0.4 is 14.9 Å². The van der Waals surface area contributed by atoms with E-state index < -0.39 is 0 Å². The van der Waals surface area contributed by atoms with Gasteiger partial charge in [-0.2, -0.15) is 5.10 Å². The van der Waals surface area contributed by atoms with Crippen LogP contribution in [0.15, 0.2) is 47.6 Å². The molecule has 6 heteroatoms. The largest absolute Gasteiger partial charge is 0.494 e. The third-order valence-electron chi connectivity index (χ3n) is 3.63. The first-order valence-corrected chi connectivity index (χ1v) is 9.32. The van der Waals surface area contributed by atoms with Crippen molar-refractivity contribution in [3.05, 3.63) is 58.6 Å². The van der Waals surface area contributed by atoms with Gasteiger partial charge in [0.15, 0.2) is 0 Å². The van der Waals surface area contributed by atoms with Crippen LogP contribution in [0.1, 0.15) is 50.0 Å². The number of hydrogen-bond donors (Lipinski definition) is 1. The molecule has 0 unspecified atom stereocenters. The number of hydrazone groups is 1. The Morgan fingerprint density at radius 3 is 2.41 bits per heavy atom. The van der Waals surface area contributed by atoms with E-state index >= 15 is 0 Å². The lowest BCUT2D eigenvalue weighted by Crippen LogP contribution is -2.19. The summed E-state index contributed by atoms with van der Waals surface area (Å²) in [5.41, 5.74) is 4.52. The summed E-state index contributed by atoms with van der Waals surface area (Å²) in [6, 6.07) is 12.4. The van der Waals surface area contributed by atoms with Crippen molar-refractivity contribution in [3.63, 3.8) is 0 Å². The Labute approximate surface area is 165 Å². The van der Waals surface area contributed by atoms with Crippen molar-refractivity contribution >= 4 is 23.2 Å². The monoisotopic (exact) mass is 388 g/mol. The zero-order valence-electron chi connectivity index (χ0n) is 16.1. The van der Waals surface area contributed by atoms with Crippen LogP contribution in [-0.4, -0.2) is 24.3 Å². The van der Waals surface area contributed by atoms with Crippen molar-refractivity contribution in [2.75, 3.05) is 6.61 Å². The molecule has 1 N–H and O–H groups in total. The second kappa shape index (κ2) is 9.97. The minimum Gasteiger partial charge on any atom is -0.494 e. The molecule has 144 valence electrons. The van der Waals surface area contributed by atoms with Crippen molar-refractivity contribution in [2.24, 2.45) is 5.10 Å². The maximum atomic E-state index is 12.2. The molecule has 2 aromatic carbocycles. The molecule has 0 heterocycles. The van der Waals surface area contributed by atoms with Gasteiger partial charge in [-0.05, 0) is 75.2 Å². The first kappa shape index (κ1) is 20.8. The van der Waals surface area contributed by atoms with E-state index in [1.165, 1.54) is 0 Å². The zero-order chi connectivity index (χ0) is 19.8. The number of ether oxygens (including phenoxy) is 2. The zero-order valence-corrected chi connectivity index (χ0v) is 16.8. The standard InChI is InChI=1S/C21H25ClN2O3/c1-5-12-26-18-9-6-16(7-10-18)21(25)24-23-15(4)17-8-11-20(19(22)13-17)27-14(2)3/h6-11,13-14H,5,12H2,1-4H3,(H,24,25)/b23-15+. The number of carbonyl (C=O) groups is 1. The van der Waals surface area contributed by atoms with Gasteiger partial charge in [0.25, 0.3) is 5.91 Å². The highest BCUT2D eigenvalue weighted by Gasteiger charge is 2.08. The van der Waals surface area contributed by atoms with Gasteiger partial charge in [0.05, 0.1) is 23.4 Å². The van der Waals surface area contributed by atoms with Crippen LogP contribution in [0.4, 0.5) is 0 Å². The maximum Gasteiger partial charge on any atom is 0.271 e. The number of amides is 1. The molecule has 0 aliphatic heterocycles. The van der Waals surface area contributed by atoms with Crippen LogP contribution in [0.25, 0.3) is 0 Å². The fourth-order valence-electron chi connectivity index (χ4n) is 2.26. The molecular formula is C21H25ClN2O3. The topological polar surface area (TPSA) is 59.9 Å². The van der Waals surface area contributed by atoms with E-state index in [1.54, 1.807) is 43.3 Å². The quantitative estimate of drug-likeness (QED) is 0.507. The van der Waals surface area contributed by atoms with Crippen LogP contribution in [0.5, 0.6) is 11.5 Å². The van der Waals surface area contributed by atoms with Crippen molar-refractivity contribution in [3.8, 4) is 11.5 Å². The highest BCUT2D eigenvalue weighted by molar-refractivity contribution is 6.32. The lowest BCUT2D eigenvalue weighted by atomic mass is 10.1. The molecule has 2 rings (SSSR count). The minimum absolute atomic E-state index is 0.0427. The first-order chi connectivity index (χ1) is 12.9. The van der Waals surface area contributed by atoms with Gasteiger partial charge in [-0.3, -0.25) is 4.79 Å². The molecule has 0 radical (unpaired) electrons. The molecule has 1 amide bonds. The highest BCUT2D eigenvalue weighted by Crippen LogP contribution is 2.26. The lowest BCUT2D eigenvalue weighted by molar-refractivity contribution is 0.0955. The third kappa shape index (κ3) is 6.29. The molecule has 0 atom stereocenters. The van der Waals surface area contributed by atoms with E-state index in [-0.39, 0.29) is 12.0 Å². The summed E-state index contributed by atoms with van der Waals surface area (Å²) in [6.07, 6.45) is 0.978. The summed E-state index contributed by atoms with van der Waals surface area (Å²) in [7, 11) is 0. The van der Waals surface area contributed by atoms with E-state index in [0.29, 0.717) is 28.7 Å². The molecule has 0 spiro atoms. The number of nitrogens with one attached hydrogen (secondary N) is 1. The Kier molecular flexibility index (Phi) is 7.67. The molecule has 0 aromatic heterocycles. The second-order valence-corrected chi connectivity index (χ2v) is 6.73. The van der Waals surface area contributed by atoms with E-state index in [4.69, 9.17) is 21.1 Å². The SMILES string of the molecule is CCCOc1ccc(C(=O)N/N=C(\C)c2ccc(OC(C)C)c(Cl)c2)cc1. The molecular weight excluding hydrogens is 364 g/mol. The van der Waals surface area contributed by atoms with E-state index in [1.807, 2.05) is 26.8 Å². The van der Waals surface area contributed by atoms with Crippen LogP contribution in [-0.2, 0) is 0 Å². The lowest BCUT2D eigenvalue weighted by Gasteiger charge is -2.12. The molecule has 0 aliphatic carbocycles. The predicted octanol–water partition coefficient (Wildman–Crippen LogP) is 5.07. The smallest absolute Gasteiger partial charge is 0.271 e. The maximum absolute atomic E-state index is 12.2. The summed E-state index contributed by atoms with van der Waals surface area (Å²) in [6.45, 7) is 8.37. The van der Waals surface area contributed by atoms with Gasteiger partial charge in [0, 0.05) is 5.56 Å². The van der Waals surface area contributed by atoms with E-state index in [2.05, 4.69) is 10.5 Å². The summed E-state index contributed by atoms with van der Waals surface area (Å²) >= 11 is 6.25. The number of rotatable bonds is 8. The van der Waals surface area contributed by atoms with Gasteiger partial charge in [0.1, 0.15) is 11.5 Å². The fraction of sp³-hybridized carbons (Fsp3) is 0.333. The Bertz CT molecular complexity index is 802. The average Bonchev–Trinajstić information content (AvgIpc) is 2.65. The van der Waals surface area contributed by atoms with Gasteiger partial charge in [-0.15, -0.1) is 0 Å². The first-order valence-electron chi connectivity index (χ1n) is 8.94. The highest BCUT2D eigenvalue weighted by atomic mass is 35.5. The molecule has 0 saturated carbocycles. The second-order valence-electron chi connectivity index (χ2n) is 6.32. The number of benzene rings is 2. The van der Waals surface area contributed by atoms with E-state index in [0.717, 1.165) is 17.7 Å². The van der Waals surface area contributed by atoms with Gasteiger partial charge >= 0.3 is 0 Å². The Morgan fingerprint density at radius 1 is 1.15 bits per heavy atom. The Morgan fingerprint density at radius 2 is 1.81 bits per heavy atom. The Balaban J connectivity index is 2.01. The molecule has 2 aromatic rings. The summed E-state index contributed by atoms with van der Waals surface area (Å²) in [5.74, 6) is 1.08. The molecule has 27 heavy (non-hydrogen) atoms. The number of nitrogens with zero attached hydrogens (tertiary/aromatic N) is 1. The molecule has 0 fully saturated rings. The van der Waals surface area contributed by atoms with Crippen LogP contribution in [0.3, 0.4) is 0 Å². The van der Waals surface area contributed by atoms with Crippen molar-refractivity contribution in [1.82, 2.24) is 5.43 Å². The normalized spacial score (nSPS) is 11.4. The molecule has 0 bridgehead atoms. The van der Waals surface area contributed by atoms with Gasteiger partial charge < -0.3 is 9.47 Å². The average molecular weight is 389 g/mol. The van der Waals surface area contributed by atoms with Crippen LogP contribution in [0, 0.1) is 0 Å². The number of carbonyl (C=O) groups excluding carboxylic acids is 1. The summed E-state index contributed by atoms with van der Waals surface area (Å²) in [5, 5.41) is 4.67. The van der Waals surface area contributed by atoms with E-state index in [9.17, 15) is 4.79 Å². The third-order valence-corrected chi connectivity index (χ3v) is 3.92. The number of hydrogen-bond acceptors (Lipinski definition) is 4. The van der Waals surface area contributed by atoms with Crippen LogP contribution in [0.2, 0.25) is 5.02 Å². The molecule has 5 nitrogen and oxygen atoms in total. The summed E-state index contributed by atoms with van der Waals surface area (Å²) < 4.78 is 11.1. The fourth-order valence-corrected chi connectivity index (χ4v) is 2.49. The van der Waals surface area contributed by atoms with Crippen molar-refractivity contribution in [1.29, 1.82) is 0 Å². The minimum atomic E-state index is -0.290. The molecule has 0 saturated heterocycles. The Hall–Kier alpha value is -2.53.